The van der Waals surface area contributed by atoms with E-state index in [1.165, 1.54) is 5.56 Å². The summed E-state index contributed by atoms with van der Waals surface area (Å²) in [6.45, 7) is 7.38. The van der Waals surface area contributed by atoms with Crippen LogP contribution in [0.25, 0.3) is 0 Å². The molecule has 0 unspecified atom stereocenters. The van der Waals surface area contributed by atoms with E-state index in [0.29, 0.717) is 5.56 Å². The third-order valence-corrected chi connectivity index (χ3v) is 4.58. The van der Waals surface area contributed by atoms with Gasteiger partial charge in [-0.05, 0) is 63.3 Å². The zero-order valence-corrected chi connectivity index (χ0v) is 15.9. The molecule has 4 nitrogen and oxygen atoms in total. The Hall–Kier alpha value is -2.62. The molecule has 1 amide bonds. The van der Waals surface area contributed by atoms with E-state index in [9.17, 15) is 9.59 Å². The van der Waals surface area contributed by atoms with Gasteiger partial charge in [-0.3, -0.25) is 4.79 Å². The number of benzene rings is 2. The fraction of sp³-hybridized carbons (Fsp3) is 0.364. The first kappa shape index (κ1) is 19.7. The second-order valence-corrected chi connectivity index (χ2v) is 6.73. The Morgan fingerprint density at radius 2 is 1.69 bits per heavy atom. The van der Waals surface area contributed by atoms with Gasteiger partial charge in [0.15, 0.2) is 6.10 Å². The minimum atomic E-state index is -0.832. The van der Waals surface area contributed by atoms with Gasteiger partial charge >= 0.3 is 5.97 Å². The molecule has 26 heavy (non-hydrogen) atoms. The molecule has 0 aromatic heterocycles. The molecule has 138 valence electrons. The number of aryl methyl sites for hydroxylation is 2. The molecule has 2 atom stereocenters. The van der Waals surface area contributed by atoms with E-state index in [1.807, 2.05) is 51.1 Å². The quantitative estimate of drug-likeness (QED) is 0.766. The summed E-state index contributed by atoms with van der Waals surface area (Å²) in [5.41, 5.74) is 3.64. The fourth-order valence-electron chi connectivity index (χ4n) is 2.71. The molecule has 0 aliphatic carbocycles. The van der Waals surface area contributed by atoms with Crippen molar-refractivity contribution in [1.82, 2.24) is 5.32 Å². The normalized spacial score (nSPS) is 12.9. The molecule has 0 saturated carbocycles. The highest BCUT2D eigenvalue weighted by atomic mass is 16.5. The summed E-state index contributed by atoms with van der Waals surface area (Å²) in [5, 5.41) is 2.92. The molecular formula is C22H27NO3. The van der Waals surface area contributed by atoms with Gasteiger partial charge in [0, 0.05) is 6.04 Å². The topological polar surface area (TPSA) is 55.4 Å². The Labute approximate surface area is 155 Å². The second kappa shape index (κ2) is 9.18. The lowest BCUT2D eigenvalue weighted by atomic mass is 10.0. The van der Waals surface area contributed by atoms with Crippen LogP contribution in [0, 0.1) is 13.8 Å². The van der Waals surface area contributed by atoms with Crippen LogP contribution in [0.2, 0.25) is 0 Å². The first-order chi connectivity index (χ1) is 12.4. The van der Waals surface area contributed by atoms with Crippen molar-refractivity contribution in [2.75, 3.05) is 0 Å². The molecule has 2 aromatic rings. The highest BCUT2D eigenvalue weighted by Crippen LogP contribution is 2.14. The molecular weight excluding hydrogens is 326 g/mol. The molecule has 0 bridgehead atoms. The minimum Gasteiger partial charge on any atom is -0.449 e. The number of hydrogen-bond acceptors (Lipinski definition) is 3. The Morgan fingerprint density at radius 3 is 2.38 bits per heavy atom. The van der Waals surface area contributed by atoms with Gasteiger partial charge < -0.3 is 10.1 Å². The number of nitrogens with one attached hydrogen (secondary N) is 1. The van der Waals surface area contributed by atoms with E-state index in [4.69, 9.17) is 4.74 Å². The molecule has 1 N–H and O–H groups in total. The van der Waals surface area contributed by atoms with Gasteiger partial charge in [0.25, 0.3) is 5.91 Å². The number of rotatable bonds is 7. The summed E-state index contributed by atoms with van der Waals surface area (Å²) in [6, 6.07) is 15.6. The zero-order valence-electron chi connectivity index (χ0n) is 15.9. The van der Waals surface area contributed by atoms with Crippen LogP contribution >= 0.6 is 0 Å². The van der Waals surface area contributed by atoms with E-state index in [-0.39, 0.29) is 11.9 Å². The maximum atomic E-state index is 12.3. The van der Waals surface area contributed by atoms with Crippen molar-refractivity contribution in [2.45, 2.75) is 52.7 Å². The predicted octanol–water partition coefficient (Wildman–Crippen LogP) is 3.99. The molecule has 0 radical (unpaired) electrons. The summed E-state index contributed by atoms with van der Waals surface area (Å²) in [7, 11) is 0. The minimum absolute atomic E-state index is 0.00423. The van der Waals surface area contributed by atoms with E-state index in [2.05, 4.69) is 17.4 Å². The summed E-state index contributed by atoms with van der Waals surface area (Å²) < 4.78 is 5.35. The Morgan fingerprint density at radius 1 is 1.00 bits per heavy atom. The predicted molar refractivity (Wildman–Crippen MR) is 103 cm³/mol. The Kier molecular flexibility index (Phi) is 6.96. The van der Waals surface area contributed by atoms with Crippen LogP contribution in [-0.2, 0) is 16.0 Å². The average Bonchev–Trinajstić information content (AvgIpc) is 2.63. The lowest BCUT2D eigenvalue weighted by Crippen LogP contribution is -2.41. The number of ether oxygens (including phenoxy) is 1. The van der Waals surface area contributed by atoms with Crippen molar-refractivity contribution in [1.29, 1.82) is 0 Å². The molecule has 2 rings (SSSR count). The van der Waals surface area contributed by atoms with Crippen molar-refractivity contribution in [3.8, 4) is 0 Å². The van der Waals surface area contributed by atoms with Crippen LogP contribution in [0.1, 0.15) is 47.3 Å². The van der Waals surface area contributed by atoms with Gasteiger partial charge in [-0.2, -0.15) is 0 Å². The van der Waals surface area contributed by atoms with E-state index in [1.54, 1.807) is 13.0 Å². The molecule has 0 fully saturated rings. The fourth-order valence-corrected chi connectivity index (χ4v) is 2.71. The van der Waals surface area contributed by atoms with Crippen LogP contribution < -0.4 is 5.32 Å². The van der Waals surface area contributed by atoms with Crippen LogP contribution in [0.3, 0.4) is 0 Å². The Bertz CT molecular complexity index is 755. The van der Waals surface area contributed by atoms with Gasteiger partial charge in [-0.25, -0.2) is 4.79 Å². The standard InChI is InChI=1S/C22H27NO3/c1-15-9-8-12-20(17(15)3)22(25)26-18(4)21(24)23-16(2)13-14-19-10-6-5-7-11-19/h5-12,16,18H,13-14H2,1-4H3,(H,23,24)/t16-,18+/m0/s1. The zero-order chi connectivity index (χ0) is 19.1. The van der Waals surface area contributed by atoms with Gasteiger partial charge in [0.1, 0.15) is 0 Å². The van der Waals surface area contributed by atoms with Crippen molar-refractivity contribution < 1.29 is 14.3 Å². The number of carbonyl (C=O) groups excluding carboxylic acids is 2. The first-order valence-electron chi connectivity index (χ1n) is 9.00. The molecule has 0 aliphatic heterocycles. The average molecular weight is 353 g/mol. The highest BCUT2D eigenvalue weighted by molar-refractivity contribution is 5.93. The maximum Gasteiger partial charge on any atom is 0.339 e. The summed E-state index contributed by atoms with van der Waals surface area (Å²) >= 11 is 0. The van der Waals surface area contributed by atoms with Crippen molar-refractivity contribution in [2.24, 2.45) is 0 Å². The van der Waals surface area contributed by atoms with Gasteiger partial charge in [-0.15, -0.1) is 0 Å². The lowest BCUT2D eigenvalue weighted by molar-refractivity contribution is -0.129. The lowest BCUT2D eigenvalue weighted by Gasteiger charge is -2.18. The number of hydrogen-bond donors (Lipinski definition) is 1. The molecule has 4 heteroatoms. The summed E-state index contributed by atoms with van der Waals surface area (Å²) in [5.74, 6) is -0.741. The van der Waals surface area contributed by atoms with E-state index < -0.39 is 12.1 Å². The monoisotopic (exact) mass is 353 g/mol. The third kappa shape index (κ3) is 5.45. The van der Waals surface area contributed by atoms with Crippen LogP contribution in [0.5, 0.6) is 0 Å². The third-order valence-electron chi connectivity index (χ3n) is 4.58. The van der Waals surface area contributed by atoms with Gasteiger partial charge in [0.2, 0.25) is 0 Å². The van der Waals surface area contributed by atoms with Crippen molar-refractivity contribution >= 4 is 11.9 Å². The molecule has 0 saturated heterocycles. The van der Waals surface area contributed by atoms with E-state index >= 15 is 0 Å². The molecule has 0 spiro atoms. The number of amides is 1. The van der Waals surface area contributed by atoms with Crippen LogP contribution in [-0.4, -0.2) is 24.0 Å². The smallest absolute Gasteiger partial charge is 0.339 e. The van der Waals surface area contributed by atoms with Crippen LogP contribution in [0.4, 0.5) is 0 Å². The van der Waals surface area contributed by atoms with Gasteiger partial charge in [-0.1, -0.05) is 42.5 Å². The maximum absolute atomic E-state index is 12.3. The highest BCUT2D eigenvalue weighted by Gasteiger charge is 2.21. The number of carbonyl (C=O) groups is 2. The SMILES string of the molecule is Cc1cccc(C(=O)O[C@H](C)C(=O)N[C@@H](C)CCc2ccccc2)c1C. The summed E-state index contributed by atoms with van der Waals surface area (Å²) in [6.07, 6.45) is 0.883. The largest absolute Gasteiger partial charge is 0.449 e. The molecule has 0 aliphatic rings. The first-order valence-corrected chi connectivity index (χ1v) is 9.00. The second-order valence-electron chi connectivity index (χ2n) is 6.73. The summed E-state index contributed by atoms with van der Waals surface area (Å²) in [4.78, 5) is 24.6. The van der Waals surface area contributed by atoms with E-state index in [0.717, 1.165) is 24.0 Å². The van der Waals surface area contributed by atoms with Crippen molar-refractivity contribution in [3.63, 3.8) is 0 Å². The molecule has 2 aromatic carbocycles. The Balaban J connectivity index is 1.84. The van der Waals surface area contributed by atoms with Crippen molar-refractivity contribution in [3.05, 3.63) is 70.8 Å². The van der Waals surface area contributed by atoms with Crippen LogP contribution in [0.15, 0.2) is 48.5 Å². The molecule has 0 heterocycles. The number of esters is 1. The van der Waals surface area contributed by atoms with Gasteiger partial charge in [0.05, 0.1) is 5.56 Å².